The Morgan fingerprint density at radius 3 is 2.41 bits per heavy atom. The number of amides is 1. The molecule has 0 atom stereocenters. The van der Waals surface area contributed by atoms with Gasteiger partial charge in [0.25, 0.3) is 5.69 Å². The molecular formula is C22H19FN4O5. The number of aromatic nitrogens is 1. The number of non-ortho nitro benzene ring substituents is 1. The van der Waals surface area contributed by atoms with Gasteiger partial charge in [0.1, 0.15) is 5.75 Å². The number of nitro groups is 1. The van der Waals surface area contributed by atoms with Gasteiger partial charge in [-0.2, -0.15) is 0 Å². The van der Waals surface area contributed by atoms with Gasteiger partial charge in [0.15, 0.2) is 11.6 Å². The van der Waals surface area contributed by atoms with Crippen LogP contribution in [0.25, 0.3) is 11.1 Å². The Balaban J connectivity index is 1.53. The van der Waals surface area contributed by atoms with E-state index in [0.29, 0.717) is 37.5 Å². The Hall–Kier alpha value is -4.21. The summed E-state index contributed by atoms with van der Waals surface area (Å²) in [4.78, 5) is 28.8. The summed E-state index contributed by atoms with van der Waals surface area (Å²) < 4.78 is 20.0. The number of hydrogen-bond acceptors (Lipinski definition) is 6. The van der Waals surface area contributed by atoms with Crippen LogP contribution in [0, 0.1) is 15.9 Å². The first-order valence-electron chi connectivity index (χ1n) is 9.81. The lowest BCUT2D eigenvalue weighted by Crippen LogP contribution is -2.48. The molecular weight excluding hydrogens is 419 g/mol. The summed E-state index contributed by atoms with van der Waals surface area (Å²) in [6, 6.07) is 12.4. The van der Waals surface area contributed by atoms with Crippen molar-refractivity contribution in [3.05, 3.63) is 76.9 Å². The van der Waals surface area contributed by atoms with Crippen molar-refractivity contribution in [3.8, 4) is 22.6 Å². The molecule has 0 spiro atoms. The van der Waals surface area contributed by atoms with E-state index >= 15 is 0 Å². The molecule has 0 saturated carbocycles. The van der Waals surface area contributed by atoms with Crippen LogP contribution in [-0.4, -0.2) is 52.2 Å². The molecule has 164 valence electrons. The highest BCUT2D eigenvalue weighted by molar-refractivity contribution is 5.72. The normalized spacial score (nSPS) is 13.7. The average molecular weight is 438 g/mol. The van der Waals surface area contributed by atoms with Crippen LogP contribution in [0.15, 0.2) is 60.9 Å². The van der Waals surface area contributed by atoms with Crippen molar-refractivity contribution >= 4 is 17.5 Å². The van der Waals surface area contributed by atoms with Crippen LogP contribution < -0.4 is 9.64 Å². The predicted molar refractivity (Wildman–Crippen MR) is 115 cm³/mol. The van der Waals surface area contributed by atoms with Crippen molar-refractivity contribution in [3.63, 3.8) is 0 Å². The second kappa shape index (κ2) is 8.88. The van der Waals surface area contributed by atoms with Crippen molar-refractivity contribution in [1.82, 2.24) is 9.88 Å². The number of carboxylic acid groups (broad SMARTS) is 1. The van der Waals surface area contributed by atoms with Crippen LogP contribution in [0.5, 0.6) is 11.5 Å². The average Bonchev–Trinajstić information content (AvgIpc) is 2.81. The van der Waals surface area contributed by atoms with Gasteiger partial charge in [-0.1, -0.05) is 12.1 Å². The Labute approximate surface area is 182 Å². The van der Waals surface area contributed by atoms with Gasteiger partial charge in [0.05, 0.1) is 11.0 Å². The van der Waals surface area contributed by atoms with Crippen LogP contribution in [0.3, 0.4) is 0 Å². The second-order valence-electron chi connectivity index (χ2n) is 7.15. The van der Waals surface area contributed by atoms with E-state index in [9.17, 15) is 19.3 Å². The maximum absolute atomic E-state index is 14.3. The largest absolute Gasteiger partial charge is 0.465 e. The highest BCUT2D eigenvalue weighted by atomic mass is 19.1. The van der Waals surface area contributed by atoms with Gasteiger partial charge in [-0.05, 0) is 29.8 Å². The van der Waals surface area contributed by atoms with E-state index in [-0.39, 0.29) is 11.4 Å². The zero-order chi connectivity index (χ0) is 22.7. The van der Waals surface area contributed by atoms with Gasteiger partial charge in [-0.3, -0.25) is 15.1 Å². The Bertz CT molecular complexity index is 1150. The highest BCUT2D eigenvalue weighted by Crippen LogP contribution is 2.35. The lowest BCUT2D eigenvalue weighted by Gasteiger charge is -2.34. The minimum absolute atomic E-state index is 0.129. The van der Waals surface area contributed by atoms with Crippen LogP contribution in [-0.2, 0) is 0 Å². The predicted octanol–water partition coefficient (Wildman–Crippen LogP) is 4.39. The quantitative estimate of drug-likeness (QED) is 0.465. The summed E-state index contributed by atoms with van der Waals surface area (Å²) in [5.41, 5.74) is 2.03. The first kappa shape index (κ1) is 21.0. The molecule has 2 aromatic carbocycles. The number of piperazine rings is 1. The van der Waals surface area contributed by atoms with E-state index in [0.717, 1.165) is 17.3 Å². The summed E-state index contributed by atoms with van der Waals surface area (Å²) in [5.74, 6) is -0.607. The fourth-order valence-electron chi connectivity index (χ4n) is 3.50. The van der Waals surface area contributed by atoms with Gasteiger partial charge in [-0.15, -0.1) is 0 Å². The molecule has 1 aliphatic rings. The van der Waals surface area contributed by atoms with Crippen LogP contribution >= 0.6 is 0 Å². The third-order valence-corrected chi connectivity index (χ3v) is 5.22. The Kier molecular flexibility index (Phi) is 5.84. The molecule has 1 fully saturated rings. The van der Waals surface area contributed by atoms with Gasteiger partial charge in [0, 0.05) is 55.9 Å². The van der Waals surface area contributed by atoms with Crippen molar-refractivity contribution in [2.24, 2.45) is 0 Å². The van der Waals surface area contributed by atoms with E-state index in [2.05, 4.69) is 9.88 Å². The zero-order valence-corrected chi connectivity index (χ0v) is 16.8. The number of nitrogens with zero attached hydrogens (tertiary/aromatic N) is 4. The van der Waals surface area contributed by atoms with Gasteiger partial charge in [-0.25, -0.2) is 9.18 Å². The fraction of sp³-hybridized carbons (Fsp3) is 0.182. The van der Waals surface area contributed by atoms with E-state index in [1.54, 1.807) is 12.3 Å². The van der Waals surface area contributed by atoms with E-state index in [4.69, 9.17) is 9.84 Å². The van der Waals surface area contributed by atoms with Crippen molar-refractivity contribution in [2.45, 2.75) is 0 Å². The van der Waals surface area contributed by atoms with Crippen LogP contribution in [0.2, 0.25) is 0 Å². The van der Waals surface area contributed by atoms with E-state index < -0.39 is 16.8 Å². The van der Waals surface area contributed by atoms with Gasteiger partial charge in [0.2, 0.25) is 0 Å². The first-order chi connectivity index (χ1) is 15.4. The number of benzene rings is 2. The Morgan fingerprint density at radius 2 is 1.78 bits per heavy atom. The number of nitro benzene ring substituents is 1. The monoisotopic (exact) mass is 438 g/mol. The molecule has 0 bridgehead atoms. The number of halogens is 1. The molecule has 0 unspecified atom stereocenters. The summed E-state index contributed by atoms with van der Waals surface area (Å²) in [6.45, 7) is 2.09. The molecule has 0 aliphatic carbocycles. The Morgan fingerprint density at radius 1 is 1.06 bits per heavy atom. The third-order valence-electron chi connectivity index (χ3n) is 5.22. The number of rotatable bonds is 5. The summed E-state index contributed by atoms with van der Waals surface area (Å²) in [6.07, 6.45) is 2.20. The number of ether oxygens (including phenoxy) is 1. The highest BCUT2D eigenvalue weighted by Gasteiger charge is 2.21. The van der Waals surface area contributed by atoms with Crippen molar-refractivity contribution < 1.29 is 24.0 Å². The molecule has 3 aromatic rings. The third kappa shape index (κ3) is 4.43. The van der Waals surface area contributed by atoms with Crippen molar-refractivity contribution in [2.75, 3.05) is 31.1 Å². The van der Waals surface area contributed by atoms with Crippen molar-refractivity contribution in [1.29, 1.82) is 0 Å². The number of pyridine rings is 1. The van der Waals surface area contributed by atoms with E-state index in [1.165, 1.54) is 23.2 Å². The summed E-state index contributed by atoms with van der Waals surface area (Å²) in [7, 11) is 0. The second-order valence-corrected chi connectivity index (χ2v) is 7.15. The topological polar surface area (TPSA) is 109 Å². The minimum atomic E-state index is -0.909. The molecule has 1 aromatic heterocycles. The number of anilines is 1. The molecule has 4 rings (SSSR count). The maximum atomic E-state index is 14.3. The standard InChI is InChI=1S/C22H19FN4O5/c23-19-13-17(27(30)31)5-6-21(19)32-20-7-8-24-14-18(20)15-1-3-16(4-2-15)25-9-11-26(12-10-25)22(28)29/h1-8,13-14H,9-12H2,(H,28,29). The van der Waals surface area contributed by atoms with Crippen LogP contribution in [0.1, 0.15) is 0 Å². The number of carbonyl (C=O) groups is 1. The molecule has 1 N–H and O–H groups in total. The van der Waals surface area contributed by atoms with Crippen LogP contribution in [0.4, 0.5) is 20.6 Å². The summed E-state index contributed by atoms with van der Waals surface area (Å²) in [5, 5.41) is 19.9. The molecule has 1 amide bonds. The molecule has 9 nitrogen and oxygen atoms in total. The molecule has 10 heteroatoms. The molecule has 1 aliphatic heterocycles. The zero-order valence-electron chi connectivity index (χ0n) is 16.8. The number of hydrogen-bond donors (Lipinski definition) is 1. The minimum Gasteiger partial charge on any atom is -0.465 e. The molecule has 1 saturated heterocycles. The van der Waals surface area contributed by atoms with Gasteiger partial charge >= 0.3 is 6.09 Å². The molecule has 2 heterocycles. The molecule has 0 radical (unpaired) electrons. The van der Waals surface area contributed by atoms with Gasteiger partial charge < -0.3 is 19.6 Å². The smallest absolute Gasteiger partial charge is 0.407 e. The maximum Gasteiger partial charge on any atom is 0.407 e. The first-order valence-corrected chi connectivity index (χ1v) is 9.81. The SMILES string of the molecule is O=C(O)N1CCN(c2ccc(-c3cnccc3Oc3ccc([N+](=O)[O-])cc3F)cc2)CC1. The molecule has 32 heavy (non-hydrogen) atoms. The lowest BCUT2D eigenvalue weighted by atomic mass is 10.1. The van der Waals surface area contributed by atoms with E-state index in [1.807, 2.05) is 24.3 Å². The lowest BCUT2D eigenvalue weighted by molar-refractivity contribution is -0.385. The fourth-order valence-corrected chi connectivity index (χ4v) is 3.50. The summed E-state index contributed by atoms with van der Waals surface area (Å²) >= 11 is 0.